The van der Waals surface area contributed by atoms with E-state index in [9.17, 15) is 4.79 Å². The molecule has 0 amide bonds. The first-order valence-electron chi connectivity index (χ1n) is 8.11. The lowest BCUT2D eigenvalue weighted by Gasteiger charge is -2.33. The highest BCUT2D eigenvalue weighted by atomic mass is 32.1. The van der Waals surface area contributed by atoms with E-state index in [2.05, 4.69) is 35.0 Å². The molecule has 2 heterocycles. The summed E-state index contributed by atoms with van der Waals surface area (Å²) in [7, 11) is 0. The van der Waals surface area contributed by atoms with Gasteiger partial charge in [-0.25, -0.2) is 4.98 Å². The maximum Gasteiger partial charge on any atom is 0.309 e. The zero-order chi connectivity index (χ0) is 16.2. The number of carboxylic acid groups (broad SMARTS) is 1. The zero-order valence-corrected chi connectivity index (χ0v) is 14.2. The van der Waals surface area contributed by atoms with Crippen LogP contribution in [-0.4, -0.2) is 33.5 Å². The standard InChI is InChI=1S/C18H22N2O2S/c1-13-5-2-3-8-20(13)11-14-6-4-7-15(9-14)18-19-16(12-23-18)10-17(21)22/h4,6-7,9,12-13H,2-3,5,8,10-11H2,1H3,(H,21,22). The van der Waals surface area contributed by atoms with E-state index in [1.165, 1.54) is 42.7 Å². The molecule has 23 heavy (non-hydrogen) atoms. The van der Waals surface area contributed by atoms with E-state index >= 15 is 0 Å². The highest BCUT2D eigenvalue weighted by Gasteiger charge is 2.18. The molecule has 1 unspecified atom stereocenters. The molecule has 1 aliphatic heterocycles. The molecule has 0 radical (unpaired) electrons. The molecule has 3 rings (SSSR count). The van der Waals surface area contributed by atoms with Crippen LogP contribution in [0.2, 0.25) is 0 Å². The van der Waals surface area contributed by atoms with Gasteiger partial charge in [0.2, 0.25) is 0 Å². The van der Waals surface area contributed by atoms with Crippen molar-refractivity contribution in [2.75, 3.05) is 6.54 Å². The van der Waals surface area contributed by atoms with Gasteiger partial charge in [0.15, 0.2) is 0 Å². The van der Waals surface area contributed by atoms with Gasteiger partial charge < -0.3 is 5.11 Å². The molecule has 2 aromatic rings. The van der Waals surface area contributed by atoms with Crippen molar-refractivity contribution in [2.45, 2.75) is 45.2 Å². The lowest BCUT2D eigenvalue weighted by Crippen LogP contribution is -2.36. The third-order valence-corrected chi connectivity index (χ3v) is 5.32. The minimum atomic E-state index is -0.838. The van der Waals surface area contributed by atoms with Crippen LogP contribution in [-0.2, 0) is 17.8 Å². The van der Waals surface area contributed by atoms with Crippen LogP contribution in [0.25, 0.3) is 10.6 Å². The van der Waals surface area contributed by atoms with Crippen LogP contribution in [0.4, 0.5) is 0 Å². The van der Waals surface area contributed by atoms with Crippen molar-refractivity contribution < 1.29 is 9.90 Å². The number of thiazole rings is 1. The largest absolute Gasteiger partial charge is 0.481 e. The van der Waals surface area contributed by atoms with Crippen molar-refractivity contribution in [1.29, 1.82) is 0 Å². The lowest BCUT2D eigenvalue weighted by atomic mass is 10.0. The predicted octanol–water partition coefficient (Wildman–Crippen LogP) is 3.81. The van der Waals surface area contributed by atoms with E-state index in [0.29, 0.717) is 11.7 Å². The van der Waals surface area contributed by atoms with Gasteiger partial charge in [0, 0.05) is 23.5 Å². The number of aliphatic carboxylic acids is 1. The highest BCUT2D eigenvalue weighted by molar-refractivity contribution is 7.13. The smallest absolute Gasteiger partial charge is 0.309 e. The van der Waals surface area contributed by atoms with Crippen molar-refractivity contribution in [1.82, 2.24) is 9.88 Å². The summed E-state index contributed by atoms with van der Waals surface area (Å²) in [6.07, 6.45) is 3.89. The molecule has 1 atom stereocenters. The molecule has 122 valence electrons. The second kappa shape index (κ2) is 7.23. The fourth-order valence-electron chi connectivity index (χ4n) is 3.11. The number of piperidine rings is 1. The minimum absolute atomic E-state index is 0.0124. The van der Waals surface area contributed by atoms with Gasteiger partial charge in [-0.15, -0.1) is 11.3 Å². The monoisotopic (exact) mass is 330 g/mol. The molecular weight excluding hydrogens is 308 g/mol. The molecule has 1 saturated heterocycles. The number of benzene rings is 1. The summed E-state index contributed by atoms with van der Waals surface area (Å²) in [4.78, 5) is 17.8. The van der Waals surface area contributed by atoms with Crippen LogP contribution < -0.4 is 0 Å². The van der Waals surface area contributed by atoms with Gasteiger partial charge in [-0.2, -0.15) is 0 Å². The predicted molar refractivity (Wildman–Crippen MR) is 92.6 cm³/mol. The van der Waals surface area contributed by atoms with Crippen molar-refractivity contribution in [3.63, 3.8) is 0 Å². The second-order valence-electron chi connectivity index (χ2n) is 6.23. The van der Waals surface area contributed by atoms with E-state index in [1.807, 2.05) is 11.4 Å². The molecule has 1 aliphatic rings. The Balaban J connectivity index is 1.74. The number of hydrogen-bond acceptors (Lipinski definition) is 4. The van der Waals surface area contributed by atoms with E-state index in [0.717, 1.165) is 17.1 Å². The molecule has 5 heteroatoms. The fraction of sp³-hybridized carbons (Fsp3) is 0.444. The van der Waals surface area contributed by atoms with Crippen molar-refractivity contribution in [2.24, 2.45) is 0 Å². The topological polar surface area (TPSA) is 53.4 Å². The van der Waals surface area contributed by atoms with E-state index in [1.54, 1.807) is 0 Å². The molecule has 1 aromatic carbocycles. The number of carbonyl (C=O) groups is 1. The first kappa shape index (κ1) is 16.1. The normalized spacial score (nSPS) is 18.9. The first-order valence-corrected chi connectivity index (χ1v) is 8.99. The first-order chi connectivity index (χ1) is 11.1. The van der Waals surface area contributed by atoms with Crippen molar-refractivity contribution >= 4 is 17.3 Å². The lowest BCUT2D eigenvalue weighted by molar-refractivity contribution is -0.136. The Labute approximate surface area is 140 Å². The summed E-state index contributed by atoms with van der Waals surface area (Å²) in [5, 5.41) is 11.6. The van der Waals surface area contributed by atoms with Crippen LogP contribution in [0.1, 0.15) is 37.4 Å². The van der Waals surface area contributed by atoms with Crippen LogP contribution >= 0.6 is 11.3 Å². The SMILES string of the molecule is CC1CCCCN1Cc1cccc(-c2nc(CC(=O)O)cs2)c1. The number of likely N-dealkylation sites (tertiary alicyclic amines) is 1. The van der Waals surface area contributed by atoms with Crippen LogP contribution in [0.5, 0.6) is 0 Å². The number of aromatic nitrogens is 1. The van der Waals surface area contributed by atoms with Gasteiger partial charge in [0.05, 0.1) is 12.1 Å². The summed E-state index contributed by atoms with van der Waals surface area (Å²) in [6, 6.07) is 9.11. The van der Waals surface area contributed by atoms with E-state index in [-0.39, 0.29) is 6.42 Å². The zero-order valence-electron chi connectivity index (χ0n) is 13.4. The Hall–Kier alpha value is -1.72. The second-order valence-corrected chi connectivity index (χ2v) is 7.09. The molecule has 0 spiro atoms. The van der Waals surface area contributed by atoms with E-state index in [4.69, 9.17) is 5.11 Å². The highest BCUT2D eigenvalue weighted by Crippen LogP contribution is 2.26. The molecular formula is C18H22N2O2S. The number of rotatable bonds is 5. The average Bonchev–Trinajstić information content (AvgIpc) is 2.98. The fourth-order valence-corrected chi connectivity index (χ4v) is 3.92. The summed E-state index contributed by atoms with van der Waals surface area (Å²) in [5.74, 6) is -0.838. The summed E-state index contributed by atoms with van der Waals surface area (Å²) in [5.41, 5.74) is 3.01. The third-order valence-electron chi connectivity index (χ3n) is 4.38. The van der Waals surface area contributed by atoms with E-state index < -0.39 is 5.97 Å². The summed E-state index contributed by atoms with van der Waals surface area (Å²) < 4.78 is 0. The van der Waals surface area contributed by atoms with Crippen molar-refractivity contribution in [3.05, 3.63) is 40.9 Å². The molecule has 1 aromatic heterocycles. The molecule has 4 nitrogen and oxygen atoms in total. The maximum atomic E-state index is 10.8. The van der Waals surface area contributed by atoms with Gasteiger partial charge in [0.1, 0.15) is 5.01 Å². The van der Waals surface area contributed by atoms with Crippen molar-refractivity contribution in [3.8, 4) is 10.6 Å². The van der Waals surface area contributed by atoms with Gasteiger partial charge in [-0.3, -0.25) is 9.69 Å². The molecule has 1 fully saturated rings. The number of hydrogen-bond donors (Lipinski definition) is 1. The van der Waals surface area contributed by atoms with Crippen LogP contribution in [0, 0.1) is 0 Å². The maximum absolute atomic E-state index is 10.8. The molecule has 0 aliphatic carbocycles. The average molecular weight is 330 g/mol. The van der Waals surface area contributed by atoms with Gasteiger partial charge in [0.25, 0.3) is 0 Å². The van der Waals surface area contributed by atoms with Crippen LogP contribution in [0.15, 0.2) is 29.6 Å². The molecule has 1 N–H and O–H groups in total. The summed E-state index contributed by atoms with van der Waals surface area (Å²) >= 11 is 1.51. The van der Waals surface area contributed by atoms with Gasteiger partial charge >= 0.3 is 5.97 Å². The number of carboxylic acids is 1. The Morgan fingerprint density at radius 1 is 1.43 bits per heavy atom. The van der Waals surface area contributed by atoms with Gasteiger partial charge in [-0.05, 0) is 37.9 Å². The quantitative estimate of drug-likeness (QED) is 0.906. The van der Waals surface area contributed by atoms with Crippen LogP contribution in [0.3, 0.4) is 0 Å². The Bertz CT molecular complexity index is 683. The third kappa shape index (κ3) is 4.18. The molecule has 0 bridgehead atoms. The Morgan fingerprint density at radius 2 is 2.30 bits per heavy atom. The van der Waals surface area contributed by atoms with Gasteiger partial charge in [-0.1, -0.05) is 24.6 Å². The minimum Gasteiger partial charge on any atom is -0.481 e. The Kier molecular flexibility index (Phi) is 5.08. The number of nitrogens with zero attached hydrogens (tertiary/aromatic N) is 2. The molecule has 0 saturated carbocycles. The summed E-state index contributed by atoms with van der Waals surface area (Å²) in [6.45, 7) is 4.45. The Morgan fingerprint density at radius 3 is 3.09 bits per heavy atom.